The Morgan fingerprint density at radius 3 is 2.50 bits per heavy atom. The molecule has 0 aliphatic carbocycles. The van der Waals surface area contributed by atoms with Crippen LogP contribution in [0.3, 0.4) is 0 Å². The van der Waals surface area contributed by atoms with Crippen LogP contribution in [0.15, 0.2) is 36.4 Å². The number of nitrogens with zero attached hydrogens (tertiary/aromatic N) is 1. The van der Waals surface area contributed by atoms with Crippen molar-refractivity contribution < 1.29 is 14.3 Å². The highest BCUT2D eigenvalue weighted by Gasteiger charge is 2.26. The maximum atomic E-state index is 12.6. The third-order valence-electron chi connectivity index (χ3n) is 3.46. The van der Waals surface area contributed by atoms with E-state index in [9.17, 15) is 4.79 Å². The molecule has 3 rings (SSSR count). The predicted molar refractivity (Wildman–Crippen MR) is 76.6 cm³/mol. The van der Waals surface area contributed by atoms with Crippen LogP contribution in [0.5, 0.6) is 0 Å². The molecule has 0 unspecified atom stereocenters. The molecule has 1 aliphatic rings. The Morgan fingerprint density at radius 1 is 1.10 bits per heavy atom. The highest BCUT2D eigenvalue weighted by Crippen LogP contribution is 2.32. The summed E-state index contributed by atoms with van der Waals surface area (Å²) in [7, 11) is 3.51. The predicted octanol–water partition coefficient (Wildman–Crippen LogP) is 2.59. The molecular weight excluding hydrogens is 254 g/mol. The fraction of sp³-hybridized carbons (Fsp3) is 0.312. The fourth-order valence-corrected chi connectivity index (χ4v) is 2.49. The van der Waals surface area contributed by atoms with Gasteiger partial charge in [0.25, 0.3) is 5.91 Å². The van der Waals surface area contributed by atoms with Gasteiger partial charge in [0.05, 0.1) is 18.8 Å². The van der Waals surface area contributed by atoms with E-state index in [1.54, 1.807) is 19.0 Å². The quantitative estimate of drug-likeness (QED) is 0.842. The Morgan fingerprint density at radius 2 is 1.80 bits per heavy atom. The molecule has 4 heteroatoms. The molecule has 4 nitrogen and oxygen atoms in total. The van der Waals surface area contributed by atoms with Crippen LogP contribution >= 0.6 is 0 Å². The number of hydrogen-bond acceptors (Lipinski definition) is 3. The summed E-state index contributed by atoms with van der Waals surface area (Å²) >= 11 is 0. The molecule has 1 heterocycles. The minimum Gasteiger partial charge on any atom is -0.346 e. The van der Waals surface area contributed by atoms with E-state index in [0.29, 0.717) is 18.8 Å². The molecule has 0 atom stereocenters. The van der Waals surface area contributed by atoms with Crippen molar-refractivity contribution >= 4 is 16.7 Å². The molecule has 0 spiro atoms. The topological polar surface area (TPSA) is 38.8 Å². The largest absolute Gasteiger partial charge is 0.346 e. The summed E-state index contributed by atoms with van der Waals surface area (Å²) in [6.45, 7) is 1.13. The number of benzene rings is 2. The number of rotatable bonds is 2. The second kappa shape index (κ2) is 5.23. The molecule has 1 fully saturated rings. The summed E-state index contributed by atoms with van der Waals surface area (Å²) < 4.78 is 11.1. The highest BCUT2D eigenvalue weighted by atomic mass is 16.7. The van der Waals surface area contributed by atoms with Gasteiger partial charge in [-0.1, -0.05) is 36.4 Å². The summed E-state index contributed by atoms with van der Waals surface area (Å²) in [5.41, 5.74) is 1.47. The second-order valence-corrected chi connectivity index (χ2v) is 5.02. The van der Waals surface area contributed by atoms with Gasteiger partial charge in [0, 0.05) is 19.7 Å². The van der Waals surface area contributed by atoms with Crippen molar-refractivity contribution in [3.63, 3.8) is 0 Å². The van der Waals surface area contributed by atoms with Gasteiger partial charge in [-0.2, -0.15) is 0 Å². The molecule has 1 aliphatic heterocycles. The standard InChI is InChI=1S/C16H17NO3/c1-17(2)15(18)14-12-6-4-3-5-11(12)7-8-13(14)16-19-9-10-20-16/h3-8,16H,9-10H2,1-2H3. The second-order valence-electron chi connectivity index (χ2n) is 5.02. The molecule has 0 radical (unpaired) electrons. The van der Waals surface area contributed by atoms with E-state index >= 15 is 0 Å². The first-order valence-corrected chi connectivity index (χ1v) is 6.65. The Bertz CT molecular complexity index is 645. The van der Waals surface area contributed by atoms with Gasteiger partial charge >= 0.3 is 0 Å². The van der Waals surface area contributed by atoms with Crippen LogP contribution in [0.4, 0.5) is 0 Å². The van der Waals surface area contributed by atoms with Crippen molar-refractivity contribution in [2.24, 2.45) is 0 Å². The van der Waals surface area contributed by atoms with E-state index in [1.165, 1.54) is 0 Å². The monoisotopic (exact) mass is 271 g/mol. The molecule has 20 heavy (non-hydrogen) atoms. The number of carbonyl (C=O) groups is 1. The molecule has 2 aromatic carbocycles. The molecule has 0 N–H and O–H groups in total. The number of ether oxygens (including phenoxy) is 2. The van der Waals surface area contributed by atoms with Crippen LogP contribution in [-0.2, 0) is 9.47 Å². The van der Waals surface area contributed by atoms with E-state index in [-0.39, 0.29) is 5.91 Å². The van der Waals surface area contributed by atoms with E-state index in [4.69, 9.17) is 9.47 Å². The van der Waals surface area contributed by atoms with Crippen LogP contribution in [-0.4, -0.2) is 38.1 Å². The number of hydrogen-bond donors (Lipinski definition) is 0. The van der Waals surface area contributed by atoms with Crippen molar-refractivity contribution in [1.82, 2.24) is 4.90 Å². The average Bonchev–Trinajstić information content (AvgIpc) is 2.99. The zero-order valence-electron chi connectivity index (χ0n) is 11.6. The highest BCUT2D eigenvalue weighted by molar-refractivity contribution is 6.08. The zero-order valence-corrected chi connectivity index (χ0v) is 11.6. The van der Waals surface area contributed by atoms with Gasteiger partial charge in [-0.25, -0.2) is 0 Å². The van der Waals surface area contributed by atoms with Gasteiger partial charge < -0.3 is 14.4 Å². The third-order valence-corrected chi connectivity index (χ3v) is 3.46. The summed E-state index contributed by atoms with van der Waals surface area (Å²) in [5.74, 6) is -0.0316. The maximum absolute atomic E-state index is 12.6. The summed E-state index contributed by atoms with van der Waals surface area (Å²) in [6.07, 6.45) is -0.446. The lowest BCUT2D eigenvalue weighted by Crippen LogP contribution is -2.24. The van der Waals surface area contributed by atoms with Gasteiger partial charge in [-0.15, -0.1) is 0 Å². The molecular formula is C16H17NO3. The third kappa shape index (κ3) is 2.17. The fourth-order valence-electron chi connectivity index (χ4n) is 2.49. The van der Waals surface area contributed by atoms with Gasteiger partial charge in [0.1, 0.15) is 0 Å². The van der Waals surface area contributed by atoms with Crippen LogP contribution < -0.4 is 0 Å². The molecule has 1 amide bonds. The lowest BCUT2D eigenvalue weighted by Gasteiger charge is -2.19. The summed E-state index contributed by atoms with van der Waals surface area (Å²) in [6, 6.07) is 11.8. The van der Waals surface area contributed by atoms with E-state index in [2.05, 4.69) is 0 Å². The van der Waals surface area contributed by atoms with Crippen molar-refractivity contribution in [1.29, 1.82) is 0 Å². The minimum absolute atomic E-state index is 0.0316. The van der Waals surface area contributed by atoms with Gasteiger partial charge in [0.2, 0.25) is 0 Å². The van der Waals surface area contributed by atoms with Gasteiger partial charge in [-0.3, -0.25) is 4.79 Å². The van der Waals surface area contributed by atoms with Crippen molar-refractivity contribution in [3.8, 4) is 0 Å². The zero-order chi connectivity index (χ0) is 14.1. The van der Waals surface area contributed by atoms with Crippen LogP contribution in [0, 0.1) is 0 Å². The Hall–Kier alpha value is -1.91. The molecule has 2 aromatic rings. The first-order valence-electron chi connectivity index (χ1n) is 6.65. The first kappa shape index (κ1) is 13.1. The minimum atomic E-state index is -0.446. The Kier molecular flexibility index (Phi) is 3.42. The normalized spacial score (nSPS) is 15.7. The molecule has 0 aromatic heterocycles. The van der Waals surface area contributed by atoms with Crippen molar-refractivity contribution in [3.05, 3.63) is 47.5 Å². The van der Waals surface area contributed by atoms with Crippen LogP contribution in [0.25, 0.3) is 10.8 Å². The van der Waals surface area contributed by atoms with E-state index in [1.807, 2.05) is 36.4 Å². The number of amides is 1. The van der Waals surface area contributed by atoms with Gasteiger partial charge in [0.15, 0.2) is 6.29 Å². The first-order chi connectivity index (χ1) is 9.68. The SMILES string of the molecule is CN(C)C(=O)c1c(C2OCCO2)ccc2ccccc12. The molecule has 104 valence electrons. The lowest BCUT2D eigenvalue weighted by molar-refractivity contribution is -0.0445. The summed E-state index contributed by atoms with van der Waals surface area (Å²) in [5, 5.41) is 1.97. The molecule has 0 saturated carbocycles. The Labute approximate surface area is 117 Å². The number of fused-ring (bicyclic) bond motifs is 1. The maximum Gasteiger partial charge on any atom is 0.254 e. The lowest BCUT2D eigenvalue weighted by atomic mass is 9.97. The smallest absolute Gasteiger partial charge is 0.254 e. The van der Waals surface area contributed by atoms with E-state index in [0.717, 1.165) is 16.3 Å². The molecule has 0 bridgehead atoms. The number of carbonyl (C=O) groups excluding carboxylic acids is 1. The van der Waals surface area contributed by atoms with Crippen LogP contribution in [0.1, 0.15) is 22.2 Å². The van der Waals surface area contributed by atoms with Crippen LogP contribution in [0.2, 0.25) is 0 Å². The van der Waals surface area contributed by atoms with Crippen molar-refractivity contribution in [2.75, 3.05) is 27.3 Å². The van der Waals surface area contributed by atoms with E-state index < -0.39 is 6.29 Å². The average molecular weight is 271 g/mol. The Balaban J connectivity index is 2.23. The molecule has 1 saturated heterocycles. The van der Waals surface area contributed by atoms with Crippen molar-refractivity contribution in [2.45, 2.75) is 6.29 Å². The summed E-state index contributed by atoms with van der Waals surface area (Å²) in [4.78, 5) is 14.1. The van der Waals surface area contributed by atoms with Gasteiger partial charge in [-0.05, 0) is 10.8 Å².